The molecule has 63 heavy (non-hydrogen) atoms. The van der Waals surface area contributed by atoms with Crippen LogP contribution in [0.3, 0.4) is 0 Å². The Labute approximate surface area is 367 Å². The van der Waals surface area contributed by atoms with Gasteiger partial charge in [0.25, 0.3) is 15.9 Å². The third-order valence-electron chi connectivity index (χ3n) is 14.5. The number of H-pyrrole nitrogens is 1. The third kappa shape index (κ3) is 9.03. The zero-order chi connectivity index (χ0) is 44.1. The van der Waals surface area contributed by atoms with Gasteiger partial charge in [-0.05, 0) is 97.6 Å². The number of aromatic nitrogens is 2. The van der Waals surface area contributed by atoms with E-state index in [4.69, 9.17) is 14.2 Å². The summed E-state index contributed by atoms with van der Waals surface area (Å²) in [5.74, 6) is 0.767. The number of carbonyl (C=O) groups excluding carboxylic acids is 1. The lowest BCUT2D eigenvalue weighted by molar-refractivity contribution is -0.386. The predicted octanol–water partition coefficient (Wildman–Crippen LogP) is 8.73. The lowest BCUT2D eigenvalue weighted by Gasteiger charge is -2.41. The summed E-state index contributed by atoms with van der Waals surface area (Å²) in [6.07, 6.45) is 12.5. The summed E-state index contributed by atoms with van der Waals surface area (Å²) in [6, 6.07) is 11.6. The first-order chi connectivity index (χ1) is 30.1. The van der Waals surface area contributed by atoms with E-state index >= 15 is 4.39 Å². The number of nitro benzene ring substituents is 1. The zero-order valence-corrected chi connectivity index (χ0v) is 37.1. The van der Waals surface area contributed by atoms with E-state index in [0.717, 1.165) is 73.8 Å². The van der Waals surface area contributed by atoms with E-state index in [1.54, 1.807) is 35.5 Å². The highest BCUT2D eigenvalue weighted by molar-refractivity contribution is 7.90. The summed E-state index contributed by atoms with van der Waals surface area (Å²) in [4.78, 5) is 36.9. The Morgan fingerprint density at radius 1 is 1.03 bits per heavy atom. The number of carbonyl (C=O) groups is 1. The van der Waals surface area contributed by atoms with Gasteiger partial charge in [-0.1, -0.05) is 38.3 Å². The van der Waals surface area contributed by atoms with Crippen LogP contribution in [0.2, 0.25) is 0 Å². The van der Waals surface area contributed by atoms with Crippen molar-refractivity contribution in [3.05, 3.63) is 87.7 Å². The van der Waals surface area contributed by atoms with E-state index in [1.165, 1.54) is 57.2 Å². The molecule has 10 rings (SSSR count). The first-order valence-corrected chi connectivity index (χ1v) is 23.8. The number of nitro groups is 1. The molecule has 3 saturated carbocycles. The quantitative estimate of drug-likeness (QED) is 0.0706. The minimum Gasteiger partial charge on any atom is -0.483 e. The van der Waals surface area contributed by atoms with Gasteiger partial charge in [-0.2, -0.15) is 0 Å². The van der Waals surface area contributed by atoms with Gasteiger partial charge in [0.05, 0.1) is 21.6 Å². The van der Waals surface area contributed by atoms with Gasteiger partial charge in [-0.25, -0.2) is 22.5 Å². The van der Waals surface area contributed by atoms with E-state index in [9.17, 15) is 23.3 Å². The highest BCUT2D eigenvalue weighted by atomic mass is 32.2. The van der Waals surface area contributed by atoms with Gasteiger partial charge in [0, 0.05) is 88.2 Å². The molecule has 2 aliphatic heterocycles. The Hall–Kier alpha value is -5.06. The molecule has 0 unspecified atom stereocenters. The number of halogens is 1. The van der Waals surface area contributed by atoms with Crippen molar-refractivity contribution in [3.63, 3.8) is 0 Å². The predicted molar refractivity (Wildman–Crippen MR) is 237 cm³/mol. The number of nitrogens with zero attached hydrogens (tertiary/aromatic N) is 4. The molecular formula is C47H57FN6O8S. The maximum absolute atomic E-state index is 15.2. The summed E-state index contributed by atoms with van der Waals surface area (Å²) in [7, 11) is -4.65. The van der Waals surface area contributed by atoms with Gasteiger partial charge >= 0.3 is 5.69 Å². The highest BCUT2D eigenvalue weighted by Gasteiger charge is 2.56. The van der Waals surface area contributed by atoms with E-state index in [-0.39, 0.29) is 43.1 Å². The van der Waals surface area contributed by atoms with Crippen LogP contribution < -0.4 is 19.1 Å². The van der Waals surface area contributed by atoms with Crippen molar-refractivity contribution in [2.24, 2.45) is 22.7 Å². The Balaban J connectivity index is 0.921. The molecule has 5 fully saturated rings. The van der Waals surface area contributed by atoms with E-state index < -0.39 is 43.7 Å². The topological polar surface area (TPSA) is 169 Å². The second kappa shape index (κ2) is 16.8. The largest absolute Gasteiger partial charge is 0.483 e. The number of amides is 1. The molecule has 1 amide bonds. The van der Waals surface area contributed by atoms with Crippen molar-refractivity contribution in [1.29, 1.82) is 0 Å². The van der Waals surface area contributed by atoms with Gasteiger partial charge in [0.15, 0.2) is 5.75 Å². The van der Waals surface area contributed by atoms with Crippen LogP contribution in [0, 0.1) is 32.8 Å². The minimum atomic E-state index is -4.65. The number of allylic oxidation sites excluding steroid dienone is 1. The van der Waals surface area contributed by atoms with Gasteiger partial charge < -0.3 is 24.1 Å². The Morgan fingerprint density at radius 3 is 2.54 bits per heavy atom. The molecule has 2 aromatic carbocycles. The van der Waals surface area contributed by atoms with Gasteiger partial charge in [-0.3, -0.25) is 19.8 Å². The summed E-state index contributed by atoms with van der Waals surface area (Å²) in [5.41, 5.74) is 3.34. The number of alkyl halides is 1. The van der Waals surface area contributed by atoms with Crippen molar-refractivity contribution >= 4 is 38.3 Å². The molecule has 2 N–H and O–H groups in total. The summed E-state index contributed by atoms with van der Waals surface area (Å²) >= 11 is 0. The lowest BCUT2D eigenvalue weighted by atomic mass is 9.66. The number of sulfonamides is 1. The monoisotopic (exact) mass is 884 g/mol. The number of nitrogens with one attached hydrogen (secondary N) is 2. The number of hydrogen-bond donors (Lipinski definition) is 2. The number of piperazine rings is 1. The van der Waals surface area contributed by atoms with Crippen LogP contribution in [0.15, 0.2) is 77.0 Å². The molecule has 1 atom stereocenters. The van der Waals surface area contributed by atoms with E-state index in [2.05, 4.69) is 45.3 Å². The van der Waals surface area contributed by atoms with Crippen molar-refractivity contribution in [3.8, 4) is 17.2 Å². The first-order valence-electron chi connectivity index (χ1n) is 22.3. The number of benzene rings is 2. The number of pyridine rings is 1. The Bertz CT molecular complexity index is 2540. The van der Waals surface area contributed by atoms with Crippen molar-refractivity contribution in [2.45, 2.75) is 89.1 Å². The maximum atomic E-state index is 15.2. The fraction of sp³-hybridized carbons (Fsp3) is 0.532. The molecular weight excluding hydrogens is 828 g/mol. The summed E-state index contributed by atoms with van der Waals surface area (Å²) in [5, 5.41) is 12.8. The number of ether oxygens (including phenoxy) is 3. The minimum absolute atomic E-state index is 0.0661. The molecule has 4 heterocycles. The second-order valence-corrected chi connectivity index (χ2v) is 21.0. The average molecular weight is 885 g/mol. The molecule has 4 aromatic rings. The average Bonchev–Trinajstić information content (AvgIpc) is 3.98. The van der Waals surface area contributed by atoms with E-state index in [0.29, 0.717) is 22.2 Å². The molecule has 4 aliphatic carbocycles. The molecule has 2 bridgehead atoms. The number of fused-ring (bicyclic) bond motifs is 2. The van der Waals surface area contributed by atoms with Crippen LogP contribution >= 0.6 is 0 Å². The van der Waals surface area contributed by atoms with Crippen molar-refractivity contribution < 1.29 is 36.7 Å². The van der Waals surface area contributed by atoms with Crippen LogP contribution in [0.25, 0.3) is 11.0 Å². The summed E-state index contributed by atoms with van der Waals surface area (Å²) < 4.78 is 61.6. The SMILES string of the molecule is CCC12CC(C1)[C@H](C1=C(CN3CCN(c4ccc(C(=O)NS(=O)(=O)c5ccc(OCC6(F)CCOCC6)c([N+](=O)[O-])c5)c(Oc5cnc6[nH]ccc6c5)c4)CC3)CCC(C)(C)C1)C2. The number of anilines is 1. The van der Waals surface area contributed by atoms with Crippen molar-refractivity contribution in [2.75, 3.05) is 57.4 Å². The van der Waals surface area contributed by atoms with Crippen LogP contribution in [0.1, 0.15) is 88.9 Å². The molecule has 6 aliphatic rings. The normalized spacial score (nSPS) is 24.5. The Morgan fingerprint density at radius 2 is 1.81 bits per heavy atom. The number of aromatic amines is 1. The van der Waals surface area contributed by atoms with Crippen LogP contribution in [0.5, 0.6) is 17.2 Å². The fourth-order valence-electron chi connectivity index (χ4n) is 10.7. The maximum Gasteiger partial charge on any atom is 0.312 e. The van der Waals surface area contributed by atoms with Gasteiger partial charge in [0.1, 0.15) is 29.4 Å². The van der Waals surface area contributed by atoms with Gasteiger partial charge in [0.2, 0.25) is 0 Å². The third-order valence-corrected chi connectivity index (χ3v) is 15.9. The lowest BCUT2D eigenvalue weighted by Crippen LogP contribution is -2.47. The highest BCUT2D eigenvalue weighted by Crippen LogP contribution is 2.66. The fourth-order valence-corrected chi connectivity index (χ4v) is 11.7. The van der Waals surface area contributed by atoms with E-state index in [1.807, 2.05) is 6.07 Å². The molecule has 16 heteroatoms. The standard InChI is InChI=1S/C47H57FN6O8S/c1-4-46-24-33(25-46)39(27-46)38-26-45(2,3)11-9-32(38)29-52-15-17-53(18-16-52)34-5-7-37(42(22-34)62-35-21-31-10-14-49-43(31)50-28-35)44(55)51-63(58,59)36-6-8-41(40(23-36)54(56)57)61-30-47(48)12-19-60-20-13-47/h5-8,10,14,21-23,28,33,39H,4,9,11-13,15-20,24-27,29-30H2,1-3H3,(H,49,50)(H,51,55)/t33?,39-,46?/m1/s1. The molecule has 336 valence electrons. The van der Waals surface area contributed by atoms with Crippen LogP contribution in [-0.4, -0.2) is 92.3 Å². The van der Waals surface area contributed by atoms with Crippen LogP contribution in [-0.2, 0) is 14.8 Å². The first kappa shape index (κ1) is 43.2. The number of hydrogen-bond acceptors (Lipinski definition) is 11. The molecule has 2 aromatic heterocycles. The smallest absolute Gasteiger partial charge is 0.312 e. The second-order valence-electron chi connectivity index (χ2n) is 19.3. The molecule has 0 spiro atoms. The zero-order valence-electron chi connectivity index (χ0n) is 36.3. The van der Waals surface area contributed by atoms with Crippen molar-refractivity contribution in [1.82, 2.24) is 19.6 Å². The Kier molecular flexibility index (Phi) is 11.5. The number of rotatable bonds is 14. The molecule has 14 nitrogen and oxygen atoms in total. The molecule has 2 saturated heterocycles. The van der Waals surface area contributed by atoms with Gasteiger partial charge in [-0.15, -0.1) is 0 Å². The molecule has 0 radical (unpaired) electrons. The van der Waals surface area contributed by atoms with Crippen LogP contribution in [0.4, 0.5) is 15.8 Å². The summed E-state index contributed by atoms with van der Waals surface area (Å²) in [6.45, 7) is 11.4.